The number of carbonyl (C=O) groups excluding carboxylic acids is 2. The Balaban J connectivity index is 2.57. The van der Waals surface area contributed by atoms with E-state index in [-0.39, 0.29) is 18.4 Å². The highest BCUT2D eigenvalue weighted by molar-refractivity contribution is 7.10. The average molecular weight is 293 g/mol. The van der Waals surface area contributed by atoms with Gasteiger partial charge in [0, 0.05) is 11.9 Å². The molecule has 0 bridgehead atoms. The van der Waals surface area contributed by atoms with Gasteiger partial charge in [0.15, 0.2) is 0 Å². The first-order chi connectivity index (χ1) is 9.58. The monoisotopic (exact) mass is 293 g/mol. The van der Waals surface area contributed by atoms with E-state index in [1.165, 1.54) is 11.3 Å². The van der Waals surface area contributed by atoms with Gasteiger partial charge in [0.1, 0.15) is 6.04 Å². The van der Waals surface area contributed by atoms with E-state index < -0.39 is 6.04 Å². The quantitative estimate of drug-likeness (QED) is 0.699. The zero-order valence-corrected chi connectivity index (χ0v) is 12.5. The molecule has 2 amide bonds. The lowest BCUT2D eigenvalue weighted by Crippen LogP contribution is -2.44. The zero-order chi connectivity index (χ0) is 15.0. The van der Waals surface area contributed by atoms with Gasteiger partial charge in [0.05, 0.1) is 17.0 Å². The SMILES string of the molecule is CCCNC(=O)C(C)NC(=O)c1csc(C#CCN)c1. The van der Waals surface area contributed by atoms with E-state index in [1.807, 2.05) is 6.92 Å². The third kappa shape index (κ3) is 5.03. The second-order valence-electron chi connectivity index (χ2n) is 4.19. The van der Waals surface area contributed by atoms with Crippen LogP contribution in [0.1, 0.15) is 35.5 Å². The maximum absolute atomic E-state index is 12.0. The Morgan fingerprint density at radius 3 is 2.90 bits per heavy atom. The average Bonchev–Trinajstić information content (AvgIpc) is 2.91. The Kier molecular flexibility index (Phi) is 6.77. The molecule has 0 saturated heterocycles. The molecule has 0 aliphatic heterocycles. The summed E-state index contributed by atoms with van der Waals surface area (Å²) in [4.78, 5) is 24.4. The van der Waals surface area contributed by atoms with Crippen LogP contribution in [0.5, 0.6) is 0 Å². The predicted octanol–water partition coefficient (Wildman–Crippen LogP) is 0.703. The Morgan fingerprint density at radius 1 is 1.50 bits per heavy atom. The smallest absolute Gasteiger partial charge is 0.252 e. The van der Waals surface area contributed by atoms with Gasteiger partial charge < -0.3 is 16.4 Å². The molecule has 0 aliphatic carbocycles. The highest BCUT2D eigenvalue weighted by Gasteiger charge is 2.16. The van der Waals surface area contributed by atoms with Gasteiger partial charge in [-0.25, -0.2) is 0 Å². The molecule has 1 atom stereocenters. The molecule has 108 valence electrons. The van der Waals surface area contributed by atoms with Gasteiger partial charge in [0.25, 0.3) is 5.91 Å². The Labute approximate surface area is 122 Å². The third-order valence-corrected chi connectivity index (χ3v) is 3.31. The van der Waals surface area contributed by atoms with Gasteiger partial charge in [-0.2, -0.15) is 0 Å². The lowest BCUT2D eigenvalue weighted by molar-refractivity contribution is -0.122. The molecule has 1 unspecified atom stereocenters. The molecule has 4 N–H and O–H groups in total. The molecule has 6 heteroatoms. The van der Waals surface area contributed by atoms with Crippen LogP contribution in [0.15, 0.2) is 11.4 Å². The summed E-state index contributed by atoms with van der Waals surface area (Å²) < 4.78 is 0. The highest BCUT2D eigenvalue weighted by Crippen LogP contribution is 2.13. The molecule has 0 aliphatic rings. The summed E-state index contributed by atoms with van der Waals surface area (Å²) in [7, 11) is 0. The van der Waals surface area contributed by atoms with Crippen molar-refractivity contribution in [2.24, 2.45) is 5.73 Å². The lowest BCUT2D eigenvalue weighted by Gasteiger charge is -2.13. The van der Waals surface area contributed by atoms with Crippen molar-refractivity contribution in [2.75, 3.05) is 13.1 Å². The molecule has 1 rings (SSSR count). The van der Waals surface area contributed by atoms with E-state index in [0.29, 0.717) is 12.1 Å². The fourth-order valence-electron chi connectivity index (χ4n) is 1.41. The van der Waals surface area contributed by atoms with Crippen molar-refractivity contribution < 1.29 is 9.59 Å². The van der Waals surface area contributed by atoms with Gasteiger partial charge in [0.2, 0.25) is 5.91 Å². The molecular formula is C14H19N3O2S. The largest absolute Gasteiger partial charge is 0.354 e. The van der Waals surface area contributed by atoms with Crippen LogP contribution in [0.3, 0.4) is 0 Å². The van der Waals surface area contributed by atoms with Gasteiger partial charge in [-0.3, -0.25) is 9.59 Å². The first-order valence-electron chi connectivity index (χ1n) is 6.44. The van der Waals surface area contributed by atoms with Crippen LogP contribution in [-0.4, -0.2) is 30.9 Å². The number of rotatable bonds is 5. The summed E-state index contributed by atoms with van der Waals surface area (Å²) in [5.74, 6) is 5.14. The van der Waals surface area contributed by atoms with Crippen LogP contribution in [0.25, 0.3) is 0 Å². The van der Waals surface area contributed by atoms with Gasteiger partial charge >= 0.3 is 0 Å². The number of nitrogens with two attached hydrogens (primary N) is 1. The van der Waals surface area contributed by atoms with Crippen LogP contribution < -0.4 is 16.4 Å². The first kappa shape index (κ1) is 16.2. The molecular weight excluding hydrogens is 274 g/mol. The summed E-state index contributed by atoms with van der Waals surface area (Å²) >= 11 is 1.38. The fourth-order valence-corrected chi connectivity index (χ4v) is 2.16. The van der Waals surface area contributed by atoms with Gasteiger partial charge in [-0.05, 0) is 19.4 Å². The fraction of sp³-hybridized carbons (Fsp3) is 0.429. The molecule has 0 aromatic carbocycles. The minimum absolute atomic E-state index is 0.182. The van der Waals surface area contributed by atoms with E-state index in [1.54, 1.807) is 18.4 Å². The molecule has 20 heavy (non-hydrogen) atoms. The Bertz CT molecular complexity index is 528. The number of carbonyl (C=O) groups is 2. The summed E-state index contributed by atoms with van der Waals surface area (Å²) in [6.45, 7) is 4.52. The second-order valence-corrected chi connectivity index (χ2v) is 5.10. The van der Waals surface area contributed by atoms with E-state index in [9.17, 15) is 9.59 Å². The van der Waals surface area contributed by atoms with Crippen molar-refractivity contribution >= 4 is 23.2 Å². The van der Waals surface area contributed by atoms with Gasteiger partial charge in [-0.15, -0.1) is 11.3 Å². The zero-order valence-electron chi connectivity index (χ0n) is 11.7. The first-order valence-corrected chi connectivity index (χ1v) is 7.32. The van der Waals surface area contributed by atoms with Crippen molar-refractivity contribution in [3.8, 4) is 11.8 Å². The molecule has 1 aromatic rings. The number of thiophene rings is 1. The predicted molar refractivity (Wildman–Crippen MR) is 80.5 cm³/mol. The molecule has 0 saturated carbocycles. The van der Waals surface area contributed by atoms with Crippen LogP contribution in [0.2, 0.25) is 0 Å². The third-order valence-electron chi connectivity index (χ3n) is 2.47. The van der Waals surface area contributed by atoms with Crippen LogP contribution in [0.4, 0.5) is 0 Å². The second kappa shape index (κ2) is 8.35. The molecule has 0 radical (unpaired) electrons. The topological polar surface area (TPSA) is 84.2 Å². The van der Waals surface area contributed by atoms with Crippen LogP contribution in [0, 0.1) is 11.8 Å². The van der Waals surface area contributed by atoms with E-state index in [2.05, 4.69) is 22.5 Å². The number of amides is 2. The molecule has 1 heterocycles. The summed E-state index contributed by atoms with van der Waals surface area (Å²) in [6.07, 6.45) is 0.861. The standard InChI is InChI=1S/C14H19N3O2S/c1-3-7-16-13(18)10(2)17-14(19)11-8-12(20-9-11)5-4-6-15/h8-10H,3,6-7,15H2,1-2H3,(H,16,18)(H,17,19). The van der Waals surface area contributed by atoms with Crippen molar-refractivity contribution in [1.82, 2.24) is 10.6 Å². The van der Waals surface area contributed by atoms with Crippen molar-refractivity contribution in [3.05, 3.63) is 21.9 Å². The maximum Gasteiger partial charge on any atom is 0.252 e. The minimum atomic E-state index is -0.562. The lowest BCUT2D eigenvalue weighted by atomic mass is 10.2. The summed E-state index contributed by atoms with van der Waals surface area (Å²) in [5.41, 5.74) is 5.80. The Morgan fingerprint density at radius 2 is 2.25 bits per heavy atom. The van der Waals surface area contributed by atoms with Crippen molar-refractivity contribution in [1.29, 1.82) is 0 Å². The van der Waals surface area contributed by atoms with E-state index in [0.717, 1.165) is 11.3 Å². The summed E-state index contributed by atoms with van der Waals surface area (Å²) in [6, 6.07) is 1.13. The molecule has 1 aromatic heterocycles. The maximum atomic E-state index is 12.0. The highest BCUT2D eigenvalue weighted by atomic mass is 32.1. The number of nitrogens with one attached hydrogen (secondary N) is 2. The summed E-state index contributed by atoms with van der Waals surface area (Å²) in [5, 5.41) is 7.11. The van der Waals surface area contributed by atoms with Crippen molar-refractivity contribution in [2.45, 2.75) is 26.3 Å². The van der Waals surface area contributed by atoms with Crippen LogP contribution in [-0.2, 0) is 4.79 Å². The van der Waals surface area contributed by atoms with Crippen LogP contribution >= 0.6 is 11.3 Å². The molecule has 0 spiro atoms. The minimum Gasteiger partial charge on any atom is -0.354 e. The van der Waals surface area contributed by atoms with Crippen molar-refractivity contribution in [3.63, 3.8) is 0 Å². The van der Waals surface area contributed by atoms with Gasteiger partial charge in [-0.1, -0.05) is 18.8 Å². The molecule has 0 fully saturated rings. The normalized spacial score (nSPS) is 11.2. The number of hydrogen-bond acceptors (Lipinski definition) is 4. The number of hydrogen-bond donors (Lipinski definition) is 3. The van der Waals surface area contributed by atoms with E-state index in [4.69, 9.17) is 5.73 Å². The Hall–Kier alpha value is -1.84. The molecule has 5 nitrogen and oxygen atoms in total. The van der Waals surface area contributed by atoms with E-state index >= 15 is 0 Å².